The molecule has 2 aliphatic rings. The second kappa shape index (κ2) is 20.0. The van der Waals surface area contributed by atoms with E-state index in [1.165, 1.54) is 12.2 Å². The lowest BCUT2D eigenvalue weighted by atomic mass is 10.1. The summed E-state index contributed by atoms with van der Waals surface area (Å²) in [6.07, 6.45) is 3.54. The molecule has 17 heteroatoms. The Morgan fingerprint density at radius 1 is 0.891 bits per heavy atom. The van der Waals surface area contributed by atoms with Crippen molar-refractivity contribution in [3.63, 3.8) is 0 Å². The molecule has 0 aliphatic carbocycles. The zero-order valence-electron chi connectivity index (χ0n) is 26.5. The number of unbranched alkanes of at least 4 members (excludes halogenated alkanes) is 1. The van der Waals surface area contributed by atoms with Crippen LogP contribution in [-0.4, -0.2) is 115 Å². The molecule has 17 nitrogen and oxygen atoms in total. The second-order valence-corrected chi connectivity index (χ2v) is 10.8. The highest BCUT2D eigenvalue weighted by molar-refractivity contribution is 6.12. The molecule has 0 bridgehead atoms. The highest BCUT2D eigenvalue weighted by Gasteiger charge is 2.32. The molecule has 2 atom stereocenters. The lowest BCUT2D eigenvalue weighted by Crippen LogP contribution is -2.47. The molecule has 3 N–H and O–H groups in total. The van der Waals surface area contributed by atoms with Crippen LogP contribution in [0.15, 0.2) is 12.2 Å². The van der Waals surface area contributed by atoms with Crippen LogP contribution in [0, 0.1) is 0 Å². The molecule has 7 amide bonds. The van der Waals surface area contributed by atoms with E-state index in [1.807, 2.05) is 0 Å². The van der Waals surface area contributed by atoms with E-state index in [0.717, 1.165) is 17.1 Å². The third-order valence-electron chi connectivity index (χ3n) is 6.96. The Morgan fingerprint density at radius 3 is 2.20 bits per heavy atom. The van der Waals surface area contributed by atoms with E-state index < -0.39 is 47.5 Å². The summed E-state index contributed by atoms with van der Waals surface area (Å²) in [6.45, 7) is 2.44. The molecule has 256 valence electrons. The van der Waals surface area contributed by atoms with Crippen LogP contribution >= 0.6 is 0 Å². The number of rotatable bonds is 22. The van der Waals surface area contributed by atoms with E-state index in [2.05, 4.69) is 16.0 Å². The van der Waals surface area contributed by atoms with Gasteiger partial charge < -0.3 is 30.4 Å². The summed E-state index contributed by atoms with van der Waals surface area (Å²) >= 11 is 0. The minimum absolute atomic E-state index is 0.0190. The molecule has 0 aromatic rings. The van der Waals surface area contributed by atoms with Gasteiger partial charge in [0.05, 0.1) is 19.6 Å². The Hall–Kier alpha value is -4.22. The Kier molecular flexibility index (Phi) is 16.5. The zero-order chi connectivity index (χ0) is 34.1. The van der Waals surface area contributed by atoms with E-state index >= 15 is 0 Å². The van der Waals surface area contributed by atoms with Crippen molar-refractivity contribution in [1.82, 2.24) is 31.0 Å². The van der Waals surface area contributed by atoms with Gasteiger partial charge in [-0.05, 0) is 39.0 Å². The summed E-state index contributed by atoms with van der Waals surface area (Å²) in [4.78, 5) is 107. The maximum absolute atomic E-state index is 12.9. The highest BCUT2D eigenvalue weighted by atomic mass is 16.7. The molecule has 0 saturated carbocycles. The molecule has 46 heavy (non-hydrogen) atoms. The standard InChI is InChI=1S/C29H44N6O11/c1-20(45-19-33(2)44-3)18-23(37)30-15-5-4-8-21(32-22(36)9-7-17-34-24(38)11-12-25(34)39)29(43)31-16-6-10-28(42)46-35-26(40)13-14-27(35)41/h11-12,20-21H,4-10,13-19H2,1-3H3,(H,30,37)(H,31,43)(H,32,36)/t20?,21-/m0/s1. The molecule has 1 fully saturated rings. The monoisotopic (exact) mass is 652 g/mol. The SMILES string of the molecule is CON(C)COC(C)CC(=O)NCCCC[C@H](NC(=O)CCCN1C(=O)C=CC1=O)C(=O)NCCCC(=O)ON1C(=O)CCC1=O. The lowest BCUT2D eigenvalue weighted by Gasteiger charge is -2.19. The third kappa shape index (κ3) is 13.8. The minimum atomic E-state index is -0.919. The third-order valence-corrected chi connectivity index (χ3v) is 6.96. The topological polar surface area (TPSA) is 210 Å². The average Bonchev–Trinajstić information content (AvgIpc) is 3.51. The van der Waals surface area contributed by atoms with Crippen LogP contribution in [0.2, 0.25) is 0 Å². The first-order valence-electron chi connectivity index (χ1n) is 15.2. The highest BCUT2D eigenvalue weighted by Crippen LogP contribution is 2.13. The van der Waals surface area contributed by atoms with Crippen molar-refractivity contribution in [1.29, 1.82) is 0 Å². The van der Waals surface area contributed by atoms with Gasteiger partial charge in [-0.25, -0.2) is 4.79 Å². The molecule has 0 aromatic heterocycles. The maximum Gasteiger partial charge on any atom is 0.333 e. The first kappa shape index (κ1) is 38.0. The molecule has 1 saturated heterocycles. The molecular weight excluding hydrogens is 608 g/mol. The summed E-state index contributed by atoms with van der Waals surface area (Å²) in [5, 5.41) is 10.1. The maximum atomic E-state index is 12.9. The van der Waals surface area contributed by atoms with Crippen LogP contribution in [0.1, 0.15) is 71.1 Å². The number of amides is 7. The van der Waals surface area contributed by atoms with Crippen LogP contribution in [0.5, 0.6) is 0 Å². The predicted octanol–water partition coefficient (Wildman–Crippen LogP) is -0.788. The lowest BCUT2D eigenvalue weighted by molar-refractivity contribution is -0.197. The van der Waals surface area contributed by atoms with E-state index in [-0.39, 0.29) is 83.2 Å². The van der Waals surface area contributed by atoms with Crippen LogP contribution < -0.4 is 16.0 Å². The molecular formula is C29H44N6O11. The van der Waals surface area contributed by atoms with Crippen molar-refractivity contribution >= 4 is 47.3 Å². The van der Waals surface area contributed by atoms with Gasteiger partial charge in [0.1, 0.15) is 12.8 Å². The summed E-state index contributed by atoms with van der Waals surface area (Å²) in [7, 11) is 3.20. The van der Waals surface area contributed by atoms with Gasteiger partial charge in [-0.1, -0.05) is 0 Å². The van der Waals surface area contributed by atoms with Gasteiger partial charge in [0.25, 0.3) is 23.6 Å². The van der Waals surface area contributed by atoms with Crippen LogP contribution in [0.3, 0.4) is 0 Å². The Labute approximate surface area is 267 Å². The fourth-order valence-electron chi connectivity index (χ4n) is 4.34. The molecule has 1 unspecified atom stereocenters. The van der Waals surface area contributed by atoms with Crippen molar-refractivity contribution in [2.45, 2.75) is 83.3 Å². The number of carbonyl (C=O) groups is 8. The number of hydrogen-bond acceptors (Lipinski definition) is 12. The fourth-order valence-corrected chi connectivity index (χ4v) is 4.34. The van der Waals surface area contributed by atoms with Crippen molar-refractivity contribution in [2.75, 3.05) is 40.5 Å². The van der Waals surface area contributed by atoms with Gasteiger partial charge in [-0.3, -0.25) is 38.5 Å². The Balaban J connectivity index is 1.77. The first-order valence-corrected chi connectivity index (χ1v) is 15.2. The van der Waals surface area contributed by atoms with E-state index in [0.29, 0.717) is 24.4 Å². The molecule has 0 aromatic carbocycles. The summed E-state index contributed by atoms with van der Waals surface area (Å²) in [6, 6.07) is -0.919. The number of hydroxylamine groups is 4. The van der Waals surface area contributed by atoms with Gasteiger partial charge in [-0.15, -0.1) is 5.06 Å². The smallest absolute Gasteiger partial charge is 0.333 e. The predicted molar refractivity (Wildman–Crippen MR) is 158 cm³/mol. The number of imide groups is 2. The number of nitrogens with one attached hydrogen (secondary N) is 3. The van der Waals surface area contributed by atoms with E-state index in [9.17, 15) is 38.4 Å². The van der Waals surface area contributed by atoms with Crippen LogP contribution in [0.4, 0.5) is 0 Å². The molecule has 0 radical (unpaired) electrons. The van der Waals surface area contributed by atoms with Crippen molar-refractivity contribution in [2.24, 2.45) is 0 Å². The van der Waals surface area contributed by atoms with Crippen LogP contribution in [0.25, 0.3) is 0 Å². The van der Waals surface area contributed by atoms with Gasteiger partial charge in [-0.2, -0.15) is 5.06 Å². The first-order chi connectivity index (χ1) is 21.9. The van der Waals surface area contributed by atoms with Gasteiger partial charge >= 0.3 is 5.97 Å². The summed E-state index contributed by atoms with van der Waals surface area (Å²) < 4.78 is 5.51. The zero-order valence-corrected chi connectivity index (χ0v) is 26.5. The number of hydrogen-bond donors (Lipinski definition) is 3. The molecule has 2 heterocycles. The van der Waals surface area contributed by atoms with Crippen LogP contribution in [-0.2, 0) is 52.8 Å². The number of carbonyl (C=O) groups excluding carboxylic acids is 8. The fraction of sp³-hybridized carbons (Fsp3) is 0.655. The Morgan fingerprint density at radius 2 is 1.54 bits per heavy atom. The minimum Gasteiger partial charge on any atom is -0.360 e. The molecule has 2 rings (SSSR count). The van der Waals surface area contributed by atoms with Crippen molar-refractivity contribution in [3.8, 4) is 0 Å². The van der Waals surface area contributed by atoms with Crippen molar-refractivity contribution in [3.05, 3.63) is 12.2 Å². The van der Waals surface area contributed by atoms with Gasteiger partial charge in [0, 0.05) is 64.5 Å². The average molecular weight is 653 g/mol. The van der Waals surface area contributed by atoms with E-state index in [4.69, 9.17) is 14.4 Å². The second-order valence-electron chi connectivity index (χ2n) is 10.8. The van der Waals surface area contributed by atoms with Gasteiger partial charge in [0.2, 0.25) is 17.7 Å². The molecule has 2 aliphatic heterocycles. The Bertz CT molecular complexity index is 1130. The quantitative estimate of drug-likeness (QED) is 0.0569. The number of ether oxygens (including phenoxy) is 1. The van der Waals surface area contributed by atoms with E-state index in [1.54, 1.807) is 14.0 Å². The normalized spacial score (nSPS) is 15.8. The van der Waals surface area contributed by atoms with Crippen molar-refractivity contribution < 1.29 is 52.8 Å². The summed E-state index contributed by atoms with van der Waals surface area (Å²) in [5.41, 5.74) is 0. The largest absolute Gasteiger partial charge is 0.360 e. The number of nitrogens with zero attached hydrogens (tertiary/aromatic N) is 3. The summed E-state index contributed by atoms with van der Waals surface area (Å²) in [5.74, 6) is -4.00. The molecule has 0 spiro atoms. The van der Waals surface area contributed by atoms with Gasteiger partial charge in [0.15, 0.2) is 0 Å².